The Morgan fingerprint density at radius 2 is 1.58 bits per heavy atom. The summed E-state index contributed by atoms with van der Waals surface area (Å²) in [7, 11) is -3.56. The Hall–Kier alpha value is -2.75. The number of hydrogen-bond donors (Lipinski definition) is 2. The van der Waals surface area contributed by atoms with Gasteiger partial charge < -0.3 is 15.4 Å². The van der Waals surface area contributed by atoms with Crippen LogP contribution in [0.3, 0.4) is 0 Å². The Bertz CT molecular complexity index is 1010. The third-order valence-electron chi connectivity index (χ3n) is 5.03. The lowest BCUT2D eigenvalue weighted by Crippen LogP contribution is -2.40. The second-order valence-corrected chi connectivity index (χ2v) is 9.51. The van der Waals surface area contributed by atoms with Crippen LogP contribution in [-0.2, 0) is 30.9 Å². The van der Waals surface area contributed by atoms with Crippen molar-refractivity contribution in [1.82, 2.24) is 9.62 Å². The molecule has 2 N–H and O–H groups in total. The lowest BCUT2D eigenvalue weighted by atomic mass is 10.0. The molecule has 0 unspecified atom stereocenters. The number of carbonyl (C=O) groups is 2. The number of morpholine rings is 1. The highest BCUT2D eigenvalue weighted by atomic mass is 32.2. The van der Waals surface area contributed by atoms with E-state index in [9.17, 15) is 18.0 Å². The lowest BCUT2D eigenvalue weighted by molar-refractivity contribution is -0.136. The topological polar surface area (TPSA) is 105 Å². The molecule has 0 aromatic heterocycles. The average molecular weight is 446 g/mol. The molecule has 0 bridgehead atoms. The molecule has 1 heterocycles. The number of benzene rings is 2. The van der Waals surface area contributed by atoms with E-state index in [4.69, 9.17) is 4.74 Å². The van der Waals surface area contributed by atoms with Crippen molar-refractivity contribution < 1.29 is 22.7 Å². The second kappa shape index (κ2) is 10.0. The predicted molar refractivity (Wildman–Crippen MR) is 117 cm³/mol. The highest BCUT2D eigenvalue weighted by molar-refractivity contribution is 7.89. The van der Waals surface area contributed by atoms with Crippen molar-refractivity contribution in [2.75, 3.05) is 31.6 Å². The average Bonchev–Trinajstić information content (AvgIpc) is 2.78. The van der Waals surface area contributed by atoms with E-state index < -0.39 is 21.8 Å². The Kier molecular flexibility index (Phi) is 7.42. The van der Waals surface area contributed by atoms with Crippen molar-refractivity contribution >= 4 is 27.5 Å². The number of nitrogens with one attached hydrogen (secondary N) is 2. The molecule has 1 fully saturated rings. The van der Waals surface area contributed by atoms with Crippen molar-refractivity contribution in [3.05, 3.63) is 59.7 Å². The standard InChI is InChI=1S/C22H27N3O5S/c1-16(2)18-5-7-19(8-6-18)24-22(27)21(26)23-15-17-3-9-20(10-4-17)31(28,29)25-11-13-30-14-12-25/h3-10,16H,11-15H2,1-2H3,(H,23,26)(H,24,27). The molecule has 0 atom stereocenters. The van der Waals surface area contributed by atoms with E-state index in [0.29, 0.717) is 43.5 Å². The number of sulfonamides is 1. The van der Waals surface area contributed by atoms with Crippen LogP contribution in [0.4, 0.5) is 5.69 Å². The summed E-state index contributed by atoms with van der Waals surface area (Å²) in [5.74, 6) is -1.15. The largest absolute Gasteiger partial charge is 0.379 e. The minimum atomic E-state index is -3.56. The minimum Gasteiger partial charge on any atom is -0.379 e. The first-order valence-electron chi connectivity index (χ1n) is 10.1. The predicted octanol–water partition coefficient (Wildman–Crippen LogP) is 2.09. The zero-order valence-electron chi connectivity index (χ0n) is 17.6. The maximum atomic E-state index is 12.6. The first-order chi connectivity index (χ1) is 14.8. The third kappa shape index (κ3) is 5.90. The number of hydrogen-bond acceptors (Lipinski definition) is 5. The van der Waals surface area contributed by atoms with Crippen LogP contribution in [-0.4, -0.2) is 50.8 Å². The van der Waals surface area contributed by atoms with Gasteiger partial charge in [-0.05, 0) is 41.3 Å². The normalized spacial score (nSPS) is 14.9. The smallest absolute Gasteiger partial charge is 0.313 e. The van der Waals surface area contributed by atoms with E-state index in [2.05, 4.69) is 24.5 Å². The zero-order chi connectivity index (χ0) is 22.4. The molecule has 1 saturated heterocycles. The van der Waals surface area contributed by atoms with Gasteiger partial charge in [-0.15, -0.1) is 0 Å². The van der Waals surface area contributed by atoms with E-state index in [1.165, 1.54) is 16.4 Å². The van der Waals surface area contributed by atoms with Crippen LogP contribution < -0.4 is 10.6 Å². The maximum absolute atomic E-state index is 12.6. The van der Waals surface area contributed by atoms with Crippen molar-refractivity contribution in [2.45, 2.75) is 31.2 Å². The third-order valence-corrected chi connectivity index (χ3v) is 6.94. The Morgan fingerprint density at radius 1 is 0.968 bits per heavy atom. The molecule has 1 aliphatic heterocycles. The molecule has 166 valence electrons. The number of ether oxygens (including phenoxy) is 1. The molecule has 2 aromatic carbocycles. The van der Waals surface area contributed by atoms with Gasteiger partial charge in [0.25, 0.3) is 0 Å². The molecule has 0 radical (unpaired) electrons. The van der Waals surface area contributed by atoms with Crippen molar-refractivity contribution in [3.8, 4) is 0 Å². The van der Waals surface area contributed by atoms with Crippen LogP contribution >= 0.6 is 0 Å². The lowest BCUT2D eigenvalue weighted by Gasteiger charge is -2.26. The zero-order valence-corrected chi connectivity index (χ0v) is 18.4. The van der Waals surface area contributed by atoms with E-state index in [1.54, 1.807) is 24.3 Å². The molecule has 1 aliphatic rings. The summed E-state index contributed by atoms with van der Waals surface area (Å²) < 4.78 is 31.9. The quantitative estimate of drug-likeness (QED) is 0.663. The molecule has 0 saturated carbocycles. The molecule has 31 heavy (non-hydrogen) atoms. The number of amides is 2. The number of rotatable bonds is 6. The summed E-state index contributed by atoms with van der Waals surface area (Å²) in [6.45, 7) is 5.68. The Labute approximate surface area is 182 Å². The highest BCUT2D eigenvalue weighted by Crippen LogP contribution is 2.18. The number of carbonyl (C=O) groups excluding carboxylic acids is 2. The summed E-state index contributed by atoms with van der Waals surface area (Å²) in [6, 6.07) is 13.6. The molecule has 2 amide bonds. The van der Waals surface area contributed by atoms with Crippen LogP contribution in [0.15, 0.2) is 53.4 Å². The van der Waals surface area contributed by atoms with Gasteiger partial charge in [0.1, 0.15) is 0 Å². The first kappa shape index (κ1) is 22.9. The molecular weight excluding hydrogens is 418 g/mol. The molecule has 0 spiro atoms. The van der Waals surface area contributed by atoms with Crippen molar-refractivity contribution in [3.63, 3.8) is 0 Å². The van der Waals surface area contributed by atoms with Gasteiger partial charge in [0.2, 0.25) is 10.0 Å². The van der Waals surface area contributed by atoms with Crippen molar-refractivity contribution in [1.29, 1.82) is 0 Å². The molecular formula is C22H27N3O5S. The van der Waals surface area contributed by atoms with E-state index >= 15 is 0 Å². The van der Waals surface area contributed by atoms with Crippen LogP contribution in [0, 0.1) is 0 Å². The van der Waals surface area contributed by atoms with Gasteiger partial charge in [0.05, 0.1) is 18.1 Å². The van der Waals surface area contributed by atoms with Crippen LogP contribution in [0.5, 0.6) is 0 Å². The van der Waals surface area contributed by atoms with Gasteiger partial charge in [-0.3, -0.25) is 9.59 Å². The molecule has 9 heteroatoms. The SMILES string of the molecule is CC(C)c1ccc(NC(=O)C(=O)NCc2ccc(S(=O)(=O)N3CCOCC3)cc2)cc1. The van der Waals surface area contributed by atoms with Crippen LogP contribution in [0.25, 0.3) is 0 Å². The summed E-state index contributed by atoms with van der Waals surface area (Å²) in [5.41, 5.74) is 2.37. The fraction of sp³-hybridized carbons (Fsp3) is 0.364. The molecule has 2 aromatic rings. The molecule has 3 rings (SSSR count). The number of nitrogens with zero attached hydrogens (tertiary/aromatic N) is 1. The summed E-state index contributed by atoms with van der Waals surface area (Å²) in [4.78, 5) is 24.4. The summed E-state index contributed by atoms with van der Waals surface area (Å²) in [5, 5.41) is 5.11. The van der Waals surface area contributed by atoms with Crippen LogP contribution in [0.1, 0.15) is 30.9 Å². The van der Waals surface area contributed by atoms with Crippen molar-refractivity contribution in [2.24, 2.45) is 0 Å². The monoisotopic (exact) mass is 445 g/mol. The van der Waals surface area contributed by atoms with Gasteiger partial charge in [0, 0.05) is 25.3 Å². The van der Waals surface area contributed by atoms with Gasteiger partial charge in [-0.2, -0.15) is 4.31 Å². The minimum absolute atomic E-state index is 0.108. The van der Waals surface area contributed by atoms with Gasteiger partial charge >= 0.3 is 11.8 Å². The second-order valence-electron chi connectivity index (χ2n) is 7.57. The maximum Gasteiger partial charge on any atom is 0.313 e. The van der Waals surface area contributed by atoms with Gasteiger partial charge in [0.15, 0.2) is 0 Å². The number of anilines is 1. The van der Waals surface area contributed by atoms with Crippen LogP contribution in [0.2, 0.25) is 0 Å². The van der Waals surface area contributed by atoms with Gasteiger partial charge in [-0.25, -0.2) is 8.42 Å². The molecule has 0 aliphatic carbocycles. The summed E-state index contributed by atoms with van der Waals surface area (Å²) in [6.07, 6.45) is 0. The Morgan fingerprint density at radius 3 is 2.16 bits per heavy atom. The Balaban J connectivity index is 1.53. The fourth-order valence-corrected chi connectivity index (χ4v) is 4.53. The fourth-order valence-electron chi connectivity index (χ4n) is 3.12. The van der Waals surface area contributed by atoms with E-state index in [1.807, 2.05) is 12.1 Å². The highest BCUT2D eigenvalue weighted by Gasteiger charge is 2.26. The van der Waals surface area contributed by atoms with E-state index in [-0.39, 0.29) is 11.4 Å². The van der Waals surface area contributed by atoms with Gasteiger partial charge in [-0.1, -0.05) is 38.1 Å². The molecule has 8 nitrogen and oxygen atoms in total. The first-order valence-corrected chi connectivity index (χ1v) is 11.6. The summed E-state index contributed by atoms with van der Waals surface area (Å²) >= 11 is 0. The van der Waals surface area contributed by atoms with E-state index in [0.717, 1.165) is 5.56 Å².